The van der Waals surface area contributed by atoms with Crippen molar-refractivity contribution in [3.63, 3.8) is 0 Å². The number of nitrogens with zero attached hydrogens (tertiary/aromatic N) is 3. The maximum atomic E-state index is 12.1. The number of benzene rings is 1. The van der Waals surface area contributed by atoms with Crippen molar-refractivity contribution in [1.29, 1.82) is 0 Å². The molecule has 0 unspecified atom stereocenters. The van der Waals surface area contributed by atoms with E-state index in [0.717, 1.165) is 10.8 Å². The summed E-state index contributed by atoms with van der Waals surface area (Å²) < 4.78 is 0. The van der Waals surface area contributed by atoms with Gasteiger partial charge in [0.1, 0.15) is 5.54 Å². The molecule has 1 aromatic carbocycles. The quantitative estimate of drug-likeness (QED) is 0.873. The molecule has 1 amide bonds. The van der Waals surface area contributed by atoms with Gasteiger partial charge >= 0.3 is 0 Å². The SMILES string of the molecule is CC1(C)C(=O)NCCN1c1nnc(Cl)c2ccccc12. The van der Waals surface area contributed by atoms with Crippen molar-refractivity contribution in [1.82, 2.24) is 15.5 Å². The van der Waals surface area contributed by atoms with Crippen LogP contribution < -0.4 is 10.2 Å². The second kappa shape index (κ2) is 4.59. The number of nitrogens with one attached hydrogen (secondary N) is 1. The molecule has 0 aliphatic carbocycles. The predicted octanol–water partition coefficient (Wildman–Crippen LogP) is 2.00. The van der Waals surface area contributed by atoms with Crippen molar-refractivity contribution in [2.45, 2.75) is 19.4 Å². The monoisotopic (exact) mass is 290 g/mol. The highest BCUT2D eigenvalue weighted by Gasteiger charge is 2.39. The average Bonchev–Trinajstić information content (AvgIpc) is 2.43. The van der Waals surface area contributed by atoms with Gasteiger partial charge in [-0.1, -0.05) is 35.9 Å². The highest BCUT2D eigenvalue weighted by molar-refractivity contribution is 6.34. The Morgan fingerprint density at radius 2 is 1.95 bits per heavy atom. The number of halogens is 1. The number of fused-ring (bicyclic) bond motifs is 1. The Kier molecular flexibility index (Phi) is 3.01. The van der Waals surface area contributed by atoms with Gasteiger partial charge in [-0.25, -0.2) is 0 Å². The fraction of sp³-hybridized carbons (Fsp3) is 0.357. The van der Waals surface area contributed by atoms with Gasteiger partial charge in [0, 0.05) is 23.9 Å². The first-order valence-electron chi connectivity index (χ1n) is 6.48. The van der Waals surface area contributed by atoms with Gasteiger partial charge in [0.25, 0.3) is 0 Å². The van der Waals surface area contributed by atoms with Crippen LogP contribution in [-0.4, -0.2) is 34.7 Å². The van der Waals surface area contributed by atoms with Gasteiger partial charge in [-0.05, 0) is 13.8 Å². The summed E-state index contributed by atoms with van der Waals surface area (Å²) in [5, 5.41) is 13.3. The van der Waals surface area contributed by atoms with E-state index >= 15 is 0 Å². The number of amides is 1. The van der Waals surface area contributed by atoms with Gasteiger partial charge in [0.05, 0.1) is 0 Å². The molecule has 6 heteroatoms. The number of aromatic nitrogens is 2. The first-order chi connectivity index (χ1) is 9.51. The summed E-state index contributed by atoms with van der Waals surface area (Å²) in [5.41, 5.74) is -0.663. The van der Waals surface area contributed by atoms with E-state index in [1.807, 2.05) is 43.0 Å². The van der Waals surface area contributed by atoms with E-state index in [9.17, 15) is 4.79 Å². The Hall–Kier alpha value is -1.88. The molecule has 3 rings (SSSR count). The lowest BCUT2D eigenvalue weighted by molar-refractivity contribution is -0.126. The molecule has 0 radical (unpaired) electrons. The van der Waals surface area contributed by atoms with E-state index in [0.29, 0.717) is 24.1 Å². The van der Waals surface area contributed by atoms with Crippen molar-refractivity contribution >= 4 is 34.1 Å². The van der Waals surface area contributed by atoms with Crippen LogP contribution in [0.3, 0.4) is 0 Å². The highest BCUT2D eigenvalue weighted by Crippen LogP contribution is 2.32. The molecule has 2 aromatic rings. The second-order valence-corrected chi connectivity index (χ2v) is 5.68. The van der Waals surface area contributed by atoms with Gasteiger partial charge in [-0.15, -0.1) is 10.2 Å². The van der Waals surface area contributed by atoms with Crippen molar-refractivity contribution in [2.24, 2.45) is 0 Å². The molecule has 1 N–H and O–H groups in total. The van der Waals surface area contributed by atoms with Crippen molar-refractivity contribution in [3.8, 4) is 0 Å². The zero-order valence-corrected chi connectivity index (χ0v) is 12.1. The zero-order valence-electron chi connectivity index (χ0n) is 11.4. The standard InChI is InChI=1S/C14H15ClN4O/c1-14(2)13(20)16-7-8-19(14)12-10-6-4-3-5-9(10)11(15)17-18-12/h3-6H,7-8H2,1-2H3,(H,16,20). The van der Waals surface area contributed by atoms with Crippen molar-refractivity contribution in [3.05, 3.63) is 29.4 Å². The molecule has 0 saturated carbocycles. The summed E-state index contributed by atoms with van der Waals surface area (Å²) in [5.74, 6) is 0.689. The van der Waals surface area contributed by atoms with E-state index < -0.39 is 5.54 Å². The van der Waals surface area contributed by atoms with Crippen LogP contribution in [0.1, 0.15) is 13.8 Å². The first kappa shape index (κ1) is 13.1. The van der Waals surface area contributed by atoms with Gasteiger partial charge in [0.15, 0.2) is 11.0 Å². The Morgan fingerprint density at radius 1 is 1.25 bits per heavy atom. The average molecular weight is 291 g/mol. The van der Waals surface area contributed by atoms with Crippen molar-refractivity contribution in [2.75, 3.05) is 18.0 Å². The summed E-state index contributed by atoms with van der Waals surface area (Å²) in [7, 11) is 0. The number of anilines is 1. The minimum Gasteiger partial charge on any atom is -0.352 e. The number of hydrogen-bond acceptors (Lipinski definition) is 4. The molecular weight excluding hydrogens is 276 g/mol. The molecule has 0 spiro atoms. The topological polar surface area (TPSA) is 58.1 Å². The van der Waals surface area contributed by atoms with Crippen LogP contribution >= 0.6 is 11.6 Å². The van der Waals surface area contributed by atoms with Crippen LogP contribution in [0.15, 0.2) is 24.3 Å². The molecule has 1 saturated heterocycles. The number of carbonyl (C=O) groups excluding carboxylic acids is 1. The Balaban J connectivity index is 2.20. The molecular formula is C14H15ClN4O. The van der Waals surface area contributed by atoms with Crippen LogP contribution in [0, 0.1) is 0 Å². The summed E-state index contributed by atoms with van der Waals surface area (Å²) >= 11 is 6.10. The van der Waals surface area contributed by atoms with Crippen LogP contribution in [-0.2, 0) is 4.79 Å². The number of hydrogen-bond donors (Lipinski definition) is 1. The lowest BCUT2D eigenvalue weighted by Gasteiger charge is -2.42. The fourth-order valence-electron chi connectivity index (χ4n) is 2.53. The van der Waals surface area contributed by atoms with Gasteiger partial charge in [-0.3, -0.25) is 4.79 Å². The minimum atomic E-state index is -0.663. The first-order valence-corrected chi connectivity index (χ1v) is 6.86. The lowest BCUT2D eigenvalue weighted by atomic mass is 9.98. The summed E-state index contributed by atoms with van der Waals surface area (Å²) in [4.78, 5) is 14.1. The molecule has 2 heterocycles. The molecule has 5 nitrogen and oxygen atoms in total. The lowest BCUT2D eigenvalue weighted by Crippen LogP contribution is -2.62. The number of rotatable bonds is 1. The smallest absolute Gasteiger partial charge is 0.245 e. The summed E-state index contributed by atoms with van der Waals surface area (Å²) in [6.45, 7) is 5.05. The molecule has 1 aliphatic heterocycles. The molecule has 0 atom stereocenters. The molecule has 1 aromatic heterocycles. The Bertz CT molecular complexity index is 686. The maximum Gasteiger partial charge on any atom is 0.245 e. The fourth-order valence-corrected chi connectivity index (χ4v) is 2.73. The van der Waals surface area contributed by atoms with Crippen LogP contribution in [0.5, 0.6) is 0 Å². The number of carbonyl (C=O) groups is 1. The van der Waals surface area contributed by atoms with Gasteiger partial charge in [-0.2, -0.15) is 0 Å². The van der Waals surface area contributed by atoms with Crippen LogP contribution in [0.2, 0.25) is 5.15 Å². The van der Waals surface area contributed by atoms with E-state index in [4.69, 9.17) is 11.6 Å². The molecule has 0 bridgehead atoms. The summed E-state index contributed by atoms with van der Waals surface area (Å²) in [6, 6.07) is 7.70. The van der Waals surface area contributed by atoms with Crippen LogP contribution in [0.25, 0.3) is 10.8 Å². The van der Waals surface area contributed by atoms with E-state index in [1.165, 1.54) is 0 Å². The molecule has 20 heavy (non-hydrogen) atoms. The summed E-state index contributed by atoms with van der Waals surface area (Å²) in [6.07, 6.45) is 0. The third-order valence-corrected chi connectivity index (χ3v) is 4.01. The minimum absolute atomic E-state index is 0.00965. The maximum absolute atomic E-state index is 12.1. The van der Waals surface area contributed by atoms with Crippen molar-refractivity contribution < 1.29 is 4.79 Å². The normalized spacial score (nSPS) is 18.1. The number of piperazine rings is 1. The highest BCUT2D eigenvalue weighted by atomic mass is 35.5. The third kappa shape index (κ3) is 1.89. The molecule has 1 aliphatic rings. The van der Waals surface area contributed by atoms with Gasteiger partial charge < -0.3 is 10.2 Å². The second-order valence-electron chi connectivity index (χ2n) is 5.33. The molecule has 1 fully saturated rings. The Morgan fingerprint density at radius 3 is 2.70 bits per heavy atom. The predicted molar refractivity (Wildman–Crippen MR) is 79.0 cm³/mol. The zero-order chi connectivity index (χ0) is 14.3. The van der Waals surface area contributed by atoms with E-state index in [1.54, 1.807) is 0 Å². The third-order valence-electron chi connectivity index (χ3n) is 3.73. The van der Waals surface area contributed by atoms with Crippen LogP contribution in [0.4, 0.5) is 5.82 Å². The molecule has 104 valence electrons. The largest absolute Gasteiger partial charge is 0.352 e. The Labute approximate surface area is 121 Å². The van der Waals surface area contributed by atoms with Gasteiger partial charge in [0.2, 0.25) is 5.91 Å². The van der Waals surface area contributed by atoms with E-state index in [2.05, 4.69) is 15.5 Å². The van der Waals surface area contributed by atoms with E-state index in [-0.39, 0.29) is 5.91 Å².